The van der Waals surface area contributed by atoms with Crippen molar-refractivity contribution in [2.75, 3.05) is 5.32 Å². The molecule has 0 bridgehead atoms. The molecule has 1 aromatic carbocycles. The van der Waals surface area contributed by atoms with Gasteiger partial charge in [-0.3, -0.25) is 0 Å². The molecule has 6 heteroatoms. The molecular weight excluding hydrogens is 291 g/mol. The quantitative estimate of drug-likeness (QED) is 0.853. The average Bonchev–Trinajstić information content (AvgIpc) is 2.25. The van der Waals surface area contributed by atoms with Gasteiger partial charge in [0.1, 0.15) is 0 Å². The molecule has 2 unspecified atom stereocenters. The minimum Gasteiger partial charge on any atom is -0.382 e. The van der Waals surface area contributed by atoms with E-state index in [-0.39, 0.29) is 23.3 Å². The number of benzene rings is 1. The molecule has 0 saturated carbocycles. The van der Waals surface area contributed by atoms with Crippen LogP contribution in [-0.2, 0) is 10.9 Å². The Morgan fingerprint density at radius 2 is 1.75 bits per heavy atom. The van der Waals surface area contributed by atoms with Crippen molar-refractivity contribution < 1.29 is 17.9 Å². The van der Waals surface area contributed by atoms with E-state index in [0.29, 0.717) is 5.69 Å². The van der Waals surface area contributed by atoms with E-state index in [4.69, 9.17) is 16.3 Å². The number of hydrogen-bond donors (Lipinski definition) is 1. The highest BCUT2D eigenvalue weighted by molar-refractivity contribution is 6.30. The number of anilines is 1. The van der Waals surface area contributed by atoms with Crippen molar-refractivity contribution >= 4 is 17.3 Å². The summed E-state index contributed by atoms with van der Waals surface area (Å²) in [6.07, 6.45) is -2.68. The van der Waals surface area contributed by atoms with Crippen LogP contribution >= 0.6 is 11.6 Å². The zero-order valence-electron chi connectivity index (χ0n) is 11.3. The summed E-state index contributed by atoms with van der Waals surface area (Å²) in [6, 6.07) is 3.63. The van der Waals surface area contributed by atoms with E-state index in [1.165, 1.54) is 6.07 Å². The summed E-state index contributed by atoms with van der Waals surface area (Å²) < 4.78 is 43.8. The molecule has 112 valence electrons. The Bertz CT molecular complexity index is 468. The van der Waals surface area contributed by atoms with Crippen molar-refractivity contribution in [1.29, 1.82) is 0 Å². The van der Waals surface area contributed by atoms with E-state index < -0.39 is 11.7 Å². The van der Waals surface area contributed by atoms with Gasteiger partial charge in [-0.1, -0.05) is 11.6 Å². The molecule has 20 heavy (non-hydrogen) atoms. The van der Waals surface area contributed by atoms with Gasteiger partial charge in [0, 0.05) is 16.8 Å². The highest BCUT2D eigenvalue weighted by Crippen LogP contribution is 2.34. The highest BCUT2D eigenvalue weighted by atomic mass is 35.5. The SMILES string of the molecule is CC1CC(Nc2cc(Cl)cc(C(F)(F)F)c2)CC(C)O1. The minimum absolute atomic E-state index is 0.0791. The molecular formula is C14H17ClF3NO. The number of hydrogen-bond acceptors (Lipinski definition) is 2. The van der Waals surface area contributed by atoms with Crippen LogP contribution in [0.3, 0.4) is 0 Å². The number of rotatable bonds is 2. The molecule has 1 aliphatic heterocycles. The van der Waals surface area contributed by atoms with Crippen LogP contribution in [0.5, 0.6) is 0 Å². The predicted molar refractivity (Wildman–Crippen MR) is 73.1 cm³/mol. The molecule has 0 aromatic heterocycles. The zero-order valence-corrected chi connectivity index (χ0v) is 12.1. The fraction of sp³-hybridized carbons (Fsp3) is 0.571. The van der Waals surface area contributed by atoms with E-state index in [2.05, 4.69) is 5.32 Å². The lowest BCUT2D eigenvalue weighted by Gasteiger charge is -2.33. The fourth-order valence-electron chi connectivity index (χ4n) is 2.60. The second-order valence-electron chi connectivity index (χ2n) is 5.30. The van der Waals surface area contributed by atoms with Gasteiger partial charge in [-0.2, -0.15) is 13.2 Å². The van der Waals surface area contributed by atoms with Gasteiger partial charge in [-0.05, 0) is 44.9 Å². The molecule has 2 nitrogen and oxygen atoms in total. The summed E-state index contributed by atoms with van der Waals surface area (Å²) in [5, 5.41) is 3.21. The van der Waals surface area contributed by atoms with Crippen molar-refractivity contribution in [1.82, 2.24) is 0 Å². The normalized spacial score (nSPS) is 27.4. The summed E-state index contributed by atoms with van der Waals surface area (Å²) in [7, 11) is 0. The smallest absolute Gasteiger partial charge is 0.382 e. The summed E-state index contributed by atoms with van der Waals surface area (Å²) in [5.74, 6) is 0. The second-order valence-corrected chi connectivity index (χ2v) is 5.73. The average molecular weight is 308 g/mol. The Balaban J connectivity index is 2.15. The van der Waals surface area contributed by atoms with Crippen molar-refractivity contribution in [2.24, 2.45) is 0 Å². The van der Waals surface area contributed by atoms with Crippen LogP contribution in [0, 0.1) is 0 Å². The lowest BCUT2D eigenvalue weighted by Crippen LogP contribution is -2.36. The van der Waals surface area contributed by atoms with Crippen LogP contribution in [0.1, 0.15) is 32.3 Å². The van der Waals surface area contributed by atoms with Gasteiger partial charge in [0.15, 0.2) is 0 Å². The number of ether oxygens (including phenoxy) is 1. The molecule has 2 rings (SSSR count). The molecule has 1 fully saturated rings. The Morgan fingerprint density at radius 1 is 1.15 bits per heavy atom. The fourth-order valence-corrected chi connectivity index (χ4v) is 2.83. The molecule has 0 aliphatic carbocycles. The highest BCUT2D eigenvalue weighted by Gasteiger charge is 2.31. The van der Waals surface area contributed by atoms with Crippen LogP contribution in [0.2, 0.25) is 5.02 Å². The largest absolute Gasteiger partial charge is 0.416 e. The van der Waals surface area contributed by atoms with Crippen LogP contribution in [0.15, 0.2) is 18.2 Å². The van der Waals surface area contributed by atoms with E-state index >= 15 is 0 Å². The maximum absolute atomic E-state index is 12.7. The predicted octanol–water partition coefficient (Wildman–Crippen LogP) is 4.73. The van der Waals surface area contributed by atoms with Gasteiger partial charge < -0.3 is 10.1 Å². The van der Waals surface area contributed by atoms with Crippen LogP contribution in [0.25, 0.3) is 0 Å². The van der Waals surface area contributed by atoms with Gasteiger partial charge in [-0.15, -0.1) is 0 Å². The first-order chi connectivity index (χ1) is 9.24. The van der Waals surface area contributed by atoms with Gasteiger partial charge in [0.25, 0.3) is 0 Å². The van der Waals surface area contributed by atoms with Crippen LogP contribution < -0.4 is 5.32 Å². The number of alkyl halides is 3. The molecule has 2 atom stereocenters. The molecule has 0 amide bonds. The Morgan fingerprint density at radius 3 is 2.30 bits per heavy atom. The summed E-state index contributed by atoms with van der Waals surface area (Å²) in [5.41, 5.74) is -0.336. The van der Waals surface area contributed by atoms with E-state index in [1.54, 1.807) is 0 Å². The molecule has 1 saturated heterocycles. The molecule has 1 aromatic rings. The molecule has 0 spiro atoms. The van der Waals surface area contributed by atoms with Crippen LogP contribution in [-0.4, -0.2) is 18.2 Å². The molecule has 0 radical (unpaired) electrons. The minimum atomic E-state index is -4.39. The number of halogens is 4. The zero-order chi connectivity index (χ0) is 14.9. The van der Waals surface area contributed by atoms with Gasteiger partial charge in [0.05, 0.1) is 17.8 Å². The third-order valence-corrected chi connectivity index (χ3v) is 3.51. The maximum Gasteiger partial charge on any atom is 0.416 e. The van der Waals surface area contributed by atoms with E-state index in [1.807, 2.05) is 13.8 Å². The van der Waals surface area contributed by atoms with Crippen molar-refractivity contribution in [3.05, 3.63) is 28.8 Å². The standard InChI is InChI=1S/C14H17ClF3NO/c1-8-3-12(4-9(2)20-8)19-13-6-10(14(16,17)18)5-11(15)7-13/h5-9,12,19H,3-4H2,1-2H3. The van der Waals surface area contributed by atoms with Gasteiger partial charge in [0.2, 0.25) is 0 Å². The van der Waals surface area contributed by atoms with Crippen molar-refractivity contribution in [2.45, 2.75) is 51.1 Å². The third kappa shape index (κ3) is 4.03. The topological polar surface area (TPSA) is 21.3 Å². The monoisotopic (exact) mass is 307 g/mol. The Kier molecular flexibility index (Phi) is 4.49. The van der Waals surface area contributed by atoms with E-state index in [9.17, 15) is 13.2 Å². The van der Waals surface area contributed by atoms with Crippen molar-refractivity contribution in [3.63, 3.8) is 0 Å². The van der Waals surface area contributed by atoms with Crippen molar-refractivity contribution in [3.8, 4) is 0 Å². The lowest BCUT2D eigenvalue weighted by molar-refractivity contribution is -0.137. The lowest BCUT2D eigenvalue weighted by atomic mass is 9.99. The third-order valence-electron chi connectivity index (χ3n) is 3.29. The second kappa shape index (κ2) is 5.82. The van der Waals surface area contributed by atoms with Crippen LogP contribution in [0.4, 0.5) is 18.9 Å². The first-order valence-corrected chi connectivity index (χ1v) is 6.91. The van der Waals surface area contributed by atoms with E-state index in [0.717, 1.165) is 25.0 Å². The molecule has 1 N–H and O–H groups in total. The summed E-state index contributed by atoms with van der Waals surface area (Å²) >= 11 is 5.77. The van der Waals surface area contributed by atoms with Gasteiger partial charge in [-0.25, -0.2) is 0 Å². The Hall–Kier alpha value is -0.940. The summed E-state index contributed by atoms with van der Waals surface area (Å²) in [6.45, 7) is 3.92. The summed E-state index contributed by atoms with van der Waals surface area (Å²) in [4.78, 5) is 0. The molecule has 1 aliphatic rings. The number of nitrogens with one attached hydrogen (secondary N) is 1. The van der Waals surface area contributed by atoms with Gasteiger partial charge >= 0.3 is 6.18 Å². The first kappa shape index (κ1) is 15.4. The maximum atomic E-state index is 12.7. The Labute approximate surface area is 121 Å². The first-order valence-electron chi connectivity index (χ1n) is 6.54. The molecule has 1 heterocycles.